The van der Waals surface area contributed by atoms with E-state index in [0.29, 0.717) is 11.5 Å². The molecular formula is C7H7N5O2. The van der Waals surface area contributed by atoms with Crippen LogP contribution < -0.4 is 0 Å². The molecule has 0 saturated carbocycles. The number of nitrogens with one attached hydrogen (secondary N) is 1. The predicted octanol–water partition coefficient (Wildman–Crippen LogP) is -0.0966. The fraction of sp³-hybridized carbons (Fsp3) is 0.143. The number of imidazole rings is 1. The van der Waals surface area contributed by atoms with Gasteiger partial charge in [-0.25, -0.2) is 14.5 Å². The average Bonchev–Trinajstić information content (AvgIpc) is 2.71. The van der Waals surface area contributed by atoms with Crippen LogP contribution in [0.3, 0.4) is 0 Å². The molecule has 0 spiro atoms. The van der Waals surface area contributed by atoms with Crippen molar-refractivity contribution in [3.63, 3.8) is 0 Å². The molecule has 0 atom stereocenters. The summed E-state index contributed by atoms with van der Waals surface area (Å²) in [6.07, 6.45) is 2.76. The van der Waals surface area contributed by atoms with Crippen molar-refractivity contribution in [2.75, 3.05) is 0 Å². The number of hydrogen-bond donors (Lipinski definition) is 2. The van der Waals surface area contributed by atoms with Crippen molar-refractivity contribution < 1.29 is 9.90 Å². The van der Waals surface area contributed by atoms with Crippen molar-refractivity contribution in [1.29, 1.82) is 0 Å². The summed E-state index contributed by atoms with van der Waals surface area (Å²) in [5, 5.41) is 16.0. The number of carboxylic acid groups (broad SMARTS) is 1. The van der Waals surface area contributed by atoms with Gasteiger partial charge < -0.3 is 10.1 Å². The molecule has 0 bridgehead atoms. The molecular weight excluding hydrogens is 186 g/mol. The highest BCUT2D eigenvalue weighted by Crippen LogP contribution is 2.12. The standard InChI is InChI=1S/C7H7N5O2/c1-12-5(3-9-11-12)6-8-2-4(10-6)7(13)14/h2-3H,1H3,(H,8,10)(H,13,14). The summed E-state index contributed by atoms with van der Waals surface area (Å²) in [4.78, 5) is 17.1. The van der Waals surface area contributed by atoms with Crippen LogP contribution in [0.4, 0.5) is 0 Å². The minimum Gasteiger partial charge on any atom is -0.477 e. The molecule has 2 N–H and O–H groups in total. The zero-order valence-corrected chi connectivity index (χ0v) is 7.30. The number of aryl methyl sites for hydroxylation is 1. The lowest BCUT2D eigenvalue weighted by molar-refractivity contribution is 0.0691. The molecule has 0 fully saturated rings. The van der Waals surface area contributed by atoms with E-state index < -0.39 is 5.97 Å². The van der Waals surface area contributed by atoms with Crippen LogP contribution in [-0.2, 0) is 7.05 Å². The molecule has 7 heteroatoms. The number of carboxylic acids is 1. The molecule has 2 heterocycles. The highest BCUT2D eigenvalue weighted by atomic mass is 16.4. The molecule has 0 amide bonds. The van der Waals surface area contributed by atoms with Gasteiger partial charge in [-0.1, -0.05) is 5.21 Å². The molecule has 0 aliphatic rings. The lowest BCUT2D eigenvalue weighted by Crippen LogP contribution is -1.97. The van der Waals surface area contributed by atoms with Gasteiger partial charge in [0.2, 0.25) is 0 Å². The lowest BCUT2D eigenvalue weighted by Gasteiger charge is -1.93. The molecule has 2 aromatic rings. The number of nitrogens with zero attached hydrogens (tertiary/aromatic N) is 4. The van der Waals surface area contributed by atoms with E-state index in [1.807, 2.05) is 0 Å². The fourth-order valence-electron chi connectivity index (χ4n) is 1.06. The van der Waals surface area contributed by atoms with E-state index in [4.69, 9.17) is 5.11 Å². The van der Waals surface area contributed by atoms with Gasteiger partial charge in [0.25, 0.3) is 0 Å². The zero-order valence-electron chi connectivity index (χ0n) is 7.30. The maximum Gasteiger partial charge on any atom is 0.353 e. The summed E-state index contributed by atoms with van der Waals surface area (Å²) in [6.45, 7) is 0. The normalized spacial score (nSPS) is 10.4. The first-order chi connectivity index (χ1) is 6.68. The quantitative estimate of drug-likeness (QED) is 0.694. The summed E-state index contributed by atoms with van der Waals surface area (Å²) in [5.74, 6) is -0.603. The molecule has 0 radical (unpaired) electrons. The summed E-state index contributed by atoms with van der Waals surface area (Å²) >= 11 is 0. The number of hydrogen-bond acceptors (Lipinski definition) is 4. The minimum absolute atomic E-state index is 0.0428. The van der Waals surface area contributed by atoms with Crippen LogP contribution in [0.5, 0.6) is 0 Å². The van der Waals surface area contributed by atoms with Gasteiger partial charge in [0.15, 0.2) is 5.82 Å². The molecule has 2 aromatic heterocycles. The second-order valence-electron chi connectivity index (χ2n) is 2.69. The van der Waals surface area contributed by atoms with Crippen molar-refractivity contribution >= 4 is 5.97 Å². The van der Waals surface area contributed by atoms with Crippen molar-refractivity contribution in [1.82, 2.24) is 25.0 Å². The predicted molar refractivity (Wildman–Crippen MR) is 45.5 cm³/mol. The van der Waals surface area contributed by atoms with E-state index in [2.05, 4.69) is 20.3 Å². The topological polar surface area (TPSA) is 96.7 Å². The Labute approximate surface area is 78.4 Å². The number of rotatable bonds is 2. The van der Waals surface area contributed by atoms with E-state index in [1.165, 1.54) is 17.1 Å². The number of aromatic carboxylic acids is 1. The van der Waals surface area contributed by atoms with Crippen LogP contribution in [0.2, 0.25) is 0 Å². The first-order valence-corrected chi connectivity index (χ1v) is 3.82. The Bertz CT molecular complexity index is 472. The third kappa shape index (κ3) is 1.24. The smallest absolute Gasteiger partial charge is 0.353 e. The van der Waals surface area contributed by atoms with E-state index >= 15 is 0 Å². The van der Waals surface area contributed by atoms with Crippen LogP contribution in [0.1, 0.15) is 10.5 Å². The average molecular weight is 193 g/mol. The minimum atomic E-state index is -1.04. The van der Waals surface area contributed by atoms with Gasteiger partial charge in [0, 0.05) is 7.05 Å². The Balaban J connectivity index is 2.43. The summed E-state index contributed by atoms with van der Waals surface area (Å²) in [7, 11) is 1.70. The van der Waals surface area contributed by atoms with E-state index in [0.717, 1.165) is 0 Å². The molecule has 72 valence electrons. The van der Waals surface area contributed by atoms with Crippen molar-refractivity contribution in [2.24, 2.45) is 7.05 Å². The molecule has 2 rings (SSSR count). The second kappa shape index (κ2) is 2.95. The molecule has 14 heavy (non-hydrogen) atoms. The van der Waals surface area contributed by atoms with Crippen molar-refractivity contribution in [2.45, 2.75) is 0 Å². The Kier molecular flexibility index (Phi) is 1.77. The second-order valence-corrected chi connectivity index (χ2v) is 2.69. The Morgan fingerprint density at radius 2 is 2.36 bits per heavy atom. The molecule has 0 aliphatic heterocycles. The third-order valence-corrected chi connectivity index (χ3v) is 1.76. The highest BCUT2D eigenvalue weighted by Gasteiger charge is 2.11. The van der Waals surface area contributed by atoms with Gasteiger partial charge in [-0.2, -0.15) is 0 Å². The molecule has 0 aliphatic carbocycles. The fourth-order valence-corrected chi connectivity index (χ4v) is 1.06. The van der Waals surface area contributed by atoms with Crippen LogP contribution in [-0.4, -0.2) is 36.0 Å². The van der Waals surface area contributed by atoms with Crippen LogP contribution in [0.15, 0.2) is 12.4 Å². The molecule has 0 unspecified atom stereocenters. The third-order valence-electron chi connectivity index (χ3n) is 1.76. The van der Waals surface area contributed by atoms with Crippen LogP contribution in [0.25, 0.3) is 11.5 Å². The Morgan fingerprint density at radius 3 is 2.86 bits per heavy atom. The maximum atomic E-state index is 10.6. The van der Waals surface area contributed by atoms with Crippen LogP contribution >= 0.6 is 0 Å². The first kappa shape index (κ1) is 8.42. The van der Waals surface area contributed by atoms with Gasteiger partial charge >= 0.3 is 5.97 Å². The number of carbonyl (C=O) groups is 1. The van der Waals surface area contributed by atoms with E-state index in [-0.39, 0.29) is 5.69 Å². The van der Waals surface area contributed by atoms with E-state index in [9.17, 15) is 4.79 Å². The number of H-pyrrole nitrogens is 1. The monoisotopic (exact) mass is 193 g/mol. The lowest BCUT2D eigenvalue weighted by atomic mass is 10.4. The summed E-state index contributed by atoms with van der Waals surface area (Å²) in [6, 6.07) is 0. The van der Waals surface area contributed by atoms with Crippen molar-refractivity contribution in [3.05, 3.63) is 18.1 Å². The van der Waals surface area contributed by atoms with Crippen molar-refractivity contribution in [3.8, 4) is 11.5 Å². The summed E-state index contributed by atoms with van der Waals surface area (Å²) < 4.78 is 1.50. The number of aromatic amines is 1. The van der Waals surface area contributed by atoms with Gasteiger partial charge in [-0.15, -0.1) is 5.10 Å². The largest absolute Gasteiger partial charge is 0.477 e. The molecule has 0 aromatic carbocycles. The van der Waals surface area contributed by atoms with Crippen LogP contribution in [0, 0.1) is 0 Å². The van der Waals surface area contributed by atoms with Gasteiger partial charge in [0.05, 0.1) is 12.4 Å². The molecule has 0 saturated heterocycles. The maximum absolute atomic E-state index is 10.6. The first-order valence-electron chi connectivity index (χ1n) is 3.82. The van der Waals surface area contributed by atoms with E-state index in [1.54, 1.807) is 7.05 Å². The zero-order chi connectivity index (χ0) is 10.1. The SMILES string of the molecule is Cn1nncc1-c1ncc(C(=O)O)[nH]1. The highest BCUT2D eigenvalue weighted by molar-refractivity contribution is 5.85. The Hall–Kier alpha value is -2.18. The summed E-state index contributed by atoms with van der Waals surface area (Å²) in [5.41, 5.74) is 0.679. The Morgan fingerprint density at radius 1 is 1.57 bits per heavy atom. The van der Waals surface area contributed by atoms with Gasteiger partial charge in [0.1, 0.15) is 11.4 Å². The van der Waals surface area contributed by atoms with Gasteiger partial charge in [-0.3, -0.25) is 0 Å². The molecule has 7 nitrogen and oxygen atoms in total. The number of aromatic nitrogens is 5. The van der Waals surface area contributed by atoms with Gasteiger partial charge in [-0.05, 0) is 0 Å².